The standard InChI is InChI=1S/C17H20N2O2/c1-11(18)13-7-5-9-19-16(13)20-14-8-4-6-12-10-17(2,3)21-15(12)14/h4-9,11H,10,18H2,1-3H3. The molecule has 2 heterocycles. The number of nitrogens with zero attached hydrogens (tertiary/aromatic N) is 1. The van der Waals surface area contributed by atoms with Crippen LogP contribution in [0, 0.1) is 0 Å². The van der Waals surface area contributed by atoms with Crippen molar-refractivity contribution in [3.05, 3.63) is 47.7 Å². The van der Waals surface area contributed by atoms with Gasteiger partial charge < -0.3 is 15.2 Å². The molecule has 1 atom stereocenters. The lowest BCUT2D eigenvalue weighted by molar-refractivity contribution is 0.135. The molecule has 0 bridgehead atoms. The molecule has 0 radical (unpaired) electrons. The summed E-state index contributed by atoms with van der Waals surface area (Å²) in [5, 5.41) is 0. The van der Waals surface area contributed by atoms with Crippen molar-refractivity contribution < 1.29 is 9.47 Å². The van der Waals surface area contributed by atoms with Crippen LogP contribution in [0.25, 0.3) is 0 Å². The Morgan fingerprint density at radius 3 is 2.86 bits per heavy atom. The fraction of sp³-hybridized carbons (Fsp3) is 0.353. The van der Waals surface area contributed by atoms with Crippen molar-refractivity contribution in [2.75, 3.05) is 0 Å². The third-order valence-corrected chi connectivity index (χ3v) is 3.55. The van der Waals surface area contributed by atoms with E-state index in [-0.39, 0.29) is 11.6 Å². The lowest BCUT2D eigenvalue weighted by Gasteiger charge is -2.18. The first kappa shape index (κ1) is 13.9. The average Bonchev–Trinajstić information content (AvgIpc) is 2.74. The SMILES string of the molecule is CC(N)c1cccnc1Oc1cccc2c1OC(C)(C)C2. The van der Waals surface area contributed by atoms with Gasteiger partial charge in [-0.2, -0.15) is 0 Å². The molecule has 21 heavy (non-hydrogen) atoms. The van der Waals surface area contributed by atoms with Gasteiger partial charge in [-0.25, -0.2) is 4.98 Å². The highest BCUT2D eigenvalue weighted by Crippen LogP contribution is 2.43. The van der Waals surface area contributed by atoms with Crippen molar-refractivity contribution in [3.63, 3.8) is 0 Å². The third kappa shape index (κ3) is 2.72. The summed E-state index contributed by atoms with van der Waals surface area (Å²) in [5.74, 6) is 2.04. The molecule has 110 valence electrons. The number of rotatable bonds is 3. The zero-order chi connectivity index (χ0) is 15.0. The van der Waals surface area contributed by atoms with E-state index in [2.05, 4.69) is 24.9 Å². The average molecular weight is 284 g/mol. The maximum Gasteiger partial charge on any atom is 0.224 e. The van der Waals surface area contributed by atoms with Crippen molar-refractivity contribution >= 4 is 0 Å². The molecule has 1 aliphatic rings. The number of hydrogen-bond acceptors (Lipinski definition) is 4. The molecule has 2 N–H and O–H groups in total. The van der Waals surface area contributed by atoms with Crippen LogP contribution in [0.5, 0.6) is 17.4 Å². The largest absolute Gasteiger partial charge is 0.483 e. The molecule has 1 aromatic carbocycles. The minimum atomic E-state index is -0.199. The Morgan fingerprint density at radius 2 is 2.10 bits per heavy atom. The molecule has 2 aromatic rings. The van der Waals surface area contributed by atoms with Crippen molar-refractivity contribution in [1.29, 1.82) is 0 Å². The zero-order valence-corrected chi connectivity index (χ0v) is 12.6. The second kappa shape index (κ2) is 5.04. The molecule has 0 spiro atoms. The highest BCUT2D eigenvalue weighted by atomic mass is 16.5. The summed E-state index contributed by atoms with van der Waals surface area (Å²) < 4.78 is 12.0. The highest BCUT2D eigenvalue weighted by molar-refractivity contribution is 5.51. The molecule has 1 aromatic heterocycles. The molecule has 4 nitrogen and oxygen atoms in total. The number of para-hydroxylation sites is 1. The van der Waals surface area contributed by atoms with Crippen molar-refractivity contribution in [2.45, 2.75) is 38.8 Å². The van der Waals surface area contributed by atoms with Gasteiger partial charge in [-0.05, 0) is 32.9 Å². The van der Waals surface area contributed by atoms with E-state index in [9.17, 15) is 0 Å². The van der Waals surface area contributed by atoms with E-state index in [0.717, 1.165) is 23.3 Å². The summed E-state index contributed by atoms with van der Waals surface area (Å²) in [4.78, 5) is 4.30. The second-order valence-electron chi connectivity index (χ2n) is 6.07. The van der Waals surface area contributed by atoms with E-state index in [4.69, 9.17) is 15.2 Å². The Balaban J connectivity index is 1.97. The summed E-state index contributed by atoms with van der Waals surface area (Å²) in [7, 11) is 0. The van der Waals surface area contributed by atoms with E-state index < -0.39 is 0 Å². The Morgan fingerprint density at radius 1 is 1.29 bits per heavy atom. The van der Waals surface area contributed by atoms with Gasteiger partial charge in [0.2, 0.25) is 5.88 Å². The van der Waals surface area contributed by atoms with E-state index in [0.29, 0.717) is 11.6 Å². The first-order valence-corrected chi connectivity index (χ1v) is 7.15. The monoisotopic (exact) mass is 284 g/mol. The van der Waals surface area contributed by atoms with Gasteiger partial charge in [0.05, 0.1) is 0 Å². The summed E-state index contributed by atoms with van der Waals surface area (Å²) in [6.45, 7) is 6.06. The number of fused-ring (bicyclic) bond motifs is 1. The lowest BCUT2D eigenvalue weighted by Crippen LogP contribution is -2.24. The van der Waals surface area contributed by atoms with Crippen LogP contribution < -0.4 is 15.2 Å². The van der Waals surface area contributed by atoms with E-state index in [1.165, 1.54) is 0 Å². The van der Waals surface area contributed by atoms with E-state index in [1.807, 2.05) is 31.2 Å². The van der Waals surface area contributed by atoms with Crippen molar-refractivity contribution in [1.82, 2.24) is 4.98 Å². The van der Waals surface area contributed by atoms with Crippen LogP contribution in [-0.4, -0.2) is 10.6 Å². The number of benzene rings is 1. The van der Waals surface area contributed by atoms with Gasteiger partial charge in [-0.1, -0.05) is 18.2 Å². The molecule has 1 unspecified atom stereocenters. The Labute approximate surface area is 124 Å². The minimum Gasteiger partial charge on any atom is -0.483 e. The van der Waals surface area contributed by atoms with Crippen LogP contribution in [0.3, 0.4) is 0 Å². The number of pyridine rings is 1. The smallest absolute Gasteiger partial charge is 0.224 e. The minimum absolute atomic E-state index is 0.136. The van der Waals surface area contributed by atoms with Crippen molar-refractivity contribution in [3.8, 4) is 17.4 Å². The van der Waals surface area contributed by atoms with Gasteiger partial charge in [0, 0.05) is 29.8 Å². The van der Waals surface area contributed by atoms with Crippen LogP contribution in [0.2, 0.25) is 0 Å². The van der Waals surface area contributed by atoms with Gasteiger partial charge >= 0.3 is 0 Å². The summed E-state index contributed by atoms with van der Waals surface area (Å²) in [6, 6.07) is 9.61. The lowest BCUT2D eigenvalue weighted by atomic mass is 10.0. The highest BCUT2D eigenvalue weighted by Gasteiger charge is 2.32. The first-order chi connectivity index (χ1) is 9.96. The quantitative estimate of drug-likeness (QED) is 0.935. The topological polar surface area (TPSA) is 57.4 Å². The molecule has 0 saturated heterocycles. The predicted molar refractivity (Wildman–Crippen MR) is 81.8 cm³/mol. The Kier molecular flexibility index (Phi) is 3.33. The first-order valence-electron chi connectivity index (χ1n) is 7.15. The van der Waals surface area contributed by atoms with Gasteiger partial charge in [0.1, 0.15) is 5.60 Å². The maximum absolute atomic E-state index is 6.01. The molecular formula is C17H20N2O2. The third-order valence-electron chi connectivity index (χ3n) is 3.55. The van der Waals surface area contributed by atoms with E-state index in [1.54, 1.807) is 6.20 Å². The van der Waals surface area contributed by atoms with E-state index >= 15 is 0 Å². The second-order valence-corrected chi connectivity index (χ2v) is 6.07. The van der Waals surface area contributed by atoms with Gasteiger partial charge in [-0.15, -0.1) is 0 Å². The van der Waals surface area contributed by atoms with Gasteiger partial charge in [-0.3, -0.25) is 0 Å². The summed E-state index contributed by atoms with van der Waals surface area (Å²) >= 11 is 0. The number of nitrogens with two attached hydrogens (primary N) is 1. The van der Waals surface area contributed by atoms with Crippen LogP contribution in [0.15, 0.2) is 36.5 Å². The van der Waals surface area contributed by atoms with Crippen LogP contribution in [0.4, 0.5) is 0 Å². The zero-order valence-electron chi connectivity index (χ0n) is 12.6. The Hall–Kier alpha value is -2.07. The summed E-state index contributed by atoms with van der Waals surface area (Å²) in [5.41, 5.74) is 7.82. The molecule has 0 saturated carbocycles. The molecule has 1 aliphatic heterocycles. The van der Waals surface area contributed by atoms with Crippen LogP contribution >= 0.6 is 0 Å². The molecule has 0 aliphatic carbocycles. The summed E-state index contributed by atoms with van der Waals surface area (Å²) in [6.07, 6.45) is 2.58. The molecule has 4 heteroatoms. The van der Waals surface area contributed by atoms with Crippen molar-refractivity contribution in [2.24, 2.45) is 5.73 Å². The Bertz CT molecular complexity index is 666. The molecule has 0 fully saturated rings. The molecule has 0 amide bonds. The predicted octanol–water partition coefficient (Wildman–Crippen LogP) is 3.61. The number of ether oxygens (including phenoxy) is 2. The normalized spacial score (nSPS) is 17.0. The van der Waals surface area contributed by atoms with Gasteiger partial charge in [0.15, 0.2) is 11.5 Å². The molecule has 3 rings (SSSR count). The van der Waals surface area contributed by atoms with Crippen LogP contribution in [0.1, 0.15) is 37.9 Å². The fourth-order valence-corrected chi connectivity index (χ4v) is 2.61. The van der Waals surface area contributed by atoms with Gasteiger partial charge in [0.25, 0.3) is 0 Å². The van der Waals surface area contributed by atoms with Crippen LogP contribution in [-0.2, 0) is 6.42 Å². The number of hydrogen-bond donors (Lipinski definition) is 1. The molecular weight excluding hydrogens is 264 g/mol. The fourth-order valence-electron chi connectivity index (χ4n) is 2.61. The maximum atomic E-state index is 6.01. The number of aromatic nitrogens is 1.